The molecule has 2 unspecified atom stereocenters. The van der Waals surface area contributed by atoms with Crippen LogP contribution in [0.1, 0.15) is 41.0 Å². The lowest BCUT2D eigenvalue weighted by Gasteiger charge is -2.45. The molecule has 0 spiro atoms. The van der Waals surface area contributed by atoms with Crippen molar-refractivity contribution in [1.29, 1.82) is 0 Å². The molecule has 13 heavy (non-hydrogen) atoms. The van der Waals surface area contributed by atoms with Crippen molar-refractivity contribution < 1.29 is 5.11 Å². The monoisotopic (exact) mass is 248 g/mol. The van der Waals surface area contributed by atoms with Gasteiger partial charge in [-0.05, 0) is 22.7 Å². The molecule has 1 rings (SSSR count). The zero-order valence-electron chi connectivity index (χ0n) is 9.32. The van der Waals surface area contributed by atoms with Crippen molar-refractivity contribution in [3.8, 4) is 0 Å². The van der Waals surface area contributed by atoms with E-state index in [0.717, 1.165) is 6.42 Å². The van der Waals surface area contributed by atoms with E-state index >= 15 is 0 Å². The number of hydrogen-bond acceptors (Lipinski definition) is 1. The second kappa shape index (κ2) is 2.96. The number of rotatable bonds is 1. The summed E-state index contributed by atoms with van der Waals surface area (Å²) < 4.78 is 0. The first-order chi connectivity index (χ1) is 5.69. The smallest absolute Gasteiger partial charge is 0.0490 e. The van der Waals surface area contributed by atoms with Crippen LogP contribution in [0.2, 0.25) is 0 Å². The van der Waals surface area contributed by atoms with Crippen LogP contribution in [-0.4, -0.2) is 16.5 Å². The molecular weight excluding hydrogens is 228 g/mol. The Hall–Kier alpha value is 0.440. The van der Waals surface area contributed by atoms with Crippen molar-refractivity contribution in [3.63, 3.8) is 0 Å². The zero-order chi connectivity index (χ0) is 10.5. The van der Waals surface area contributed by atoms with Crippen molar-refractivity contribution in [2.24, 2.45) is 16.2 Å². The molecule has 0 bridgehead atoms. The minimum Gasteiger partial charge on any atom is -0.396 e. The average molecular weight is 249 g/mol. The van der Waals surface area contributed by atoms with Gasteiger partial charge in [-0.25, -0.2) is 0 Å². The summed E-state index contributed by atoms with van der Waals surface area (Å²) in [6.07, 6.45) is 1.06. The molecule has 0 radical (unpaired) electrons. The Bertz CT molecular complexity index is 210. The third-order valence-electron chi connectivity index (χ3n) is 4.88. The average Bonchev–Trinajstić information content (AvgIpc) is 2.12. The van der Waals surface area contributed by atoms with Gasteiger partial charge in [0.25, 0.3) is 0 Å². The standard InChI is InChI=1S/C11H21BrO/c1-9(2)8(12)6-11(5,7-13)10(9,3)4/h8,13H,6-7H2,1-5H3. The SMILES string of the molecule is CC1(CO)CC(Br)C(C)(C)C1(C)C. The van der Waals surface area contributed by atoms with E-state index < -0.39 is 0 Å². The van der Waals surface area contributed by atoms with E-state index in [2.05, 4.69) is 50.5 Å². The normalized spacial score (nSPS) is 42.2. The van der Waals surface area contributed by atoms with Gasteiger partial charge in [0.15, 0.2) is 0 Å². The molecule has 0 aromatic rings. The third kappa shape index (κ3) is 1.29. The largest absolute Gasteiger partial charge is 0.396 e. The highest BCUT2D eigenvalue weighted by atomic mass is 79.9. The first-order valence-corrected chi connectivity index (χ1v) is 5.85. The van der Waals surface area contributed by atoms with E-state index in [-0.39, 0.29) is 22.9 Å². The van der Waals surface area contributed by atoms with E-state index in [0.29, 0.717) is 4.83 Å². The maximum Gasteiger partial charge on any atom is 0.0490 e. The van der Waals surface area contributed by atoms with Crippen LogP contribution in [0.25, 0.3) is 0 Å². The molecule has 0 aromatic carbocycles. The highest BCUT2D eigenvalue weighted by Crippen LogP contribution is 2.64. The Labute approximate surface area is 90.0 Å². The summed E-state index contributed by atoms with van der Waals surface area (Å²) in [4.78, 5) is 0.507. The molecule has 1 nitrogen and oxygen atoms in total. The molecule has 0 aliphatic heterocycles. The molecule has 0 aromatic heterocycles. The summed E-state index contributed by atoms with van der Waals surface area (Å²) in [5.41, 5.74) is 0.456. The van der Waals surface area contributed by atoms with Gasteiger partial charge in [-0.1, -0.05) is 50.5 Å². The fourth-order valence-corrected chi connectivity index (χ4v) is 3.62. The van der Waals surface area contributed by atoms with Gasteiger partial charge in [0.05, 0.1) is 0 Å². The van der Waals surface area contributed by atoms with E-state index in [1.807, 2.05) is 0 Å². The lowest BCUT2D eigenvalue weighted by atomic mass is 9.60. The summed E-state index contributed by atoms with van der Waals surface area (Å²) in [5, 5.41) is 9.49. The summed E-state index contributed by atoms with van der Waals surface area (Å²) in [5.74, 6) is 0. The van der Waals surface area contributed by atoms with Crippen LogP contribution in [0, 0.1) is 16.2 Å². The zero-order valence-corrected chi connectivity index (χ0v) is 10.9. The Morgan fingerprint density at radius 3 is 1.85 bits per heavy atom. The quantitative estimate of drug-likeness (QED) is 0.707. The Balaban J connectivity index is 3.11. The van der Waals surface area contributed by atoms with Crippen LogP contribution >= 0.6 is 15.9 Å². The van der Waals surface area contributed by atoms with Gasteiger partial charge in [0.2, 0.25) is 0 Å². The number of aliphatic hydroxyl groups excluding tert-OH is 1. The van der Waals surface area contributed by atoms with E-state index in [4.69, 9.17) is 0 Å². The Morgan fingerprint density at radius 1 is 1.23 bits per heavy atom. The van der Waals surface area contributed by atoms with Crippen molar-refractivity contribution >= 4 is 15.9 Å². The van der Waals surface area contributed by atoms with Crippen LogP contribution in [0.5, 0.6) is 0 Å². The second-order valence-corrected chi connectivity index (χ2v) is 6.84. The predicted octanol–water partition coefficient (Wildman–Crippen LogP) is 3.20. The van der Waals surface area contributed by atoms with Gasteiger partial charge in [-0.2, -0.15) is 0 Å². The molecule has 2 heteroatoms. The van der Waals surface area contributed by atoms with Crippen molar-refractivity contribution in [1.82, 2.24) is 0 Å². The fourth-order valence-electron chi connectivity index (χ4n) is 2.34. The molecule has 78 valence electrons. The fraction of sp³-hybridized carbons (Fsp3) is 1.00. The minimum atomic E-state index is 0.0463. The summed E-state index contributed by atoms with van der Waals surface area (Å²) in [6, 6.07) is 0. The van der Waals surface area contributed by atoms with Gasteiger partial charge in [0, 0.05) is 11.4 Å². The maximum absolute atomic E-state index is 9.49. The molecule has 0 saturated heterocycles. The molecule has 2 atom stereocenters. The van der Waals surface area contributed by atoms with Gasteiger partial charge in [0.1, 0.15) is 0 Å². The molecule has 1 fully saturated rings. The third-order valence-corrected chi connectivity index (χ3v) is 6.35. The van der Waals surface area contributed by atoms with Crippen LogP contribution in [0.3, 0.4) is 0 Å². The molecule has 1 N–H and O–H groups in total. The highest BCUT2D eigenvalue weighted by molar-refractivity contribution is 9.09. The summed E-state index contributed by atoms with van der Waals surface area (Å²) in [6.45, 7) is 11.6. The molecule has 0 heterocycles. The van der Waals surface area contributed by atoms with Crippen LogP contribution < -0.4 is 0 Å². The summed E-state index contributed by atoms with van der Waals surface area (Å²) >= 11 is 3.74. The van der Waals surface area contributed by atoms with Crippen molar-refractivity contribution in [2.75, 3.05) is 6.61 Å². The van der Waals surface area contributed by atoms with E-state index in [1.54, 1.807) is 0 Å². The van der Waals surface area contributed by atoms with E-state index in [1.165, 1.54) is 0 Å². The number of hydrogen-bond donors (Lipinski definition) is 1. The van der Waals surface area contributed by atoms with Gasteiger partial charge >= 0.3 is 0 Å². The minimum absolute atomic E-state index is 0.0463. The second-order valence-electron chi connectivity index (χ2n) is 5.74. The molecule has 1 aliphatic rings. The summed E-state index contributed by atoms with van der Waals surface area (Å²) in [7, 11) is 0. The van der Waals surface area contributed by atoms with Crippen LogP contribution in [0.15, 0.2) is 0 Å². The Morgan fingerprint density at radius 2 is 1.69 bits per heavy atom. The Kier molecular flexibility index (Phi) is 2.62. The van der Waals surface area contributed by atoms with Gasteiger partial charge in [-0.3, -0.25) is 0 Å². The molecule has 1 aliphatic carbocycles. The first-order valence-electron chi connectivity index (χ1n) is 4.94. The maximum atomic E-state index is 9.49. The first kappa shape index (κ1) is 11.5. The predicted molar refractivity (Wildman–Crippen MR) is 60.1 cm³/mol. The molecule has 1 saturated carbocycles. The van der Waals surface area contributed by atoms with Gasteiger partial charge < -0.3 is 5.11 Å². The number of halogens is 1. The number of alkyl halides is 1. The highest BCUT2D eigenvalue weighted by Gasteiger charge is 2.59. The number of aliphatic hydroxyl groups is 1. The topological polar surface area (TPSA) is 20.2 Å². The van der Waals surface area contributed by atoms with Crippen LogP contribution in [-0.2, 0) is 0 Å². The van der Waals surface area contributed by atoms with Crippen LogP contribution in [0.4, 0.5) is 0 Å². The van der Waals surface area contributed by atoms with Crippen molar-refractivity contribution in [3.05, 3.63) is 0 Å². The van der Waals surface area contributed by atoms with Crippen molar-refractivity contribution in [2.45, 2.75) is 45.9 Å². The lowest BCUT2D eigenvalue weighted by molar-refractivity contribution is -0.00449. The van der Waals surface area contributed by atoms with Gasteiger partial charge in [-0.15, -0.1) is 0 Å². The lowest BCUT2D eigenvalue weighted by Crippen LogP contribution is -2.41. The van der Waals surface area contributed by atoms with E-state index in [9.17, 15) is 5.11 Å². The molecular formula is C11H21BrO. The molecule has 0 amide bonds.